The molecule has 0 unspecified atom stereocenters. The lowest BCUT2D eigenvalue weighted by Crippen LogP contribution is -2.22. The lowest BCUT2D eigenvalue weighted by atomic mass is 10.1. The summed E-state index contributed by atoms with van der Waals surface area (Å²) in [6.07, 6.45) is 7.01. The number of aromatic nitrogens is 3. The zero-order valence-corrected chi connectivity index (χ0v) is 13.4. The number of rotatable bonds is 5. The van der Waals surface area contributed by atoms with Crippen LogP contribution in [0.5, 0.6) is 0 Å². The van der Waals surface area contributed by atoms with E-state index < -0.39 is 10.0 Å². The van der Waals surface area contributed by atoms with Gasteiger partial charge in [0.15, 0.2) is 0 Å². The van der Waals surface area contributed by atoms with Gasteiger partial charge in [0.25, 0.3) is 0 Å². The third kappa shape index (κ3) is 3.24. The second kappa shape index (κ2) is 5.99. The Morgan fingerprint density at radius 2 is 2.14 bits per heavy atom. The minimum absolute atomic E-state index is 0.196. The smallest absolute Gasteiger partial charge is 0.250 e. The van der Waals surface area contributed by atoms with Crippen molar-refractivity contribution in [3.05, 3.63) is 53.9 Å². The molecule has 0 saturated carbocycles. The van der Waals surface area contributed by atoms with E-state index >= 15 is 0 Å². The van der Waals surface area contributed by atoms with Gasteiger partial charge in [0.2, 0.25) is 10.0 Å². The van der Waals surface area contributed by atoms with E-state index in [0.29, 0.717) is 4.21 Å². The number of sulfonamides is 1. The highest BCUT2D eigenvalue weighted by Gasteiger charge is 2.14. The first-order chi connectivity index (χ1) is 10.5. The average molecular weight is 334 g/mol. The second-order valence-electron chi connectivity index (χ2n) is 4.74. The van der Waals surface area contributed by atoms with Crippen LogP contribution in [0, 0.1) is 0 Å². The van der Waals surface area contributed by atoms with E-state index in [-0.39, 0.29) is 6.54 Å². The number of hydrogen-bond acceptors (Lipinski definition) is 5. The fourth-order valence-corrected chi connectivity index (χ4v) is 4.03. The molecule has 1 N–H and O–H groups in total. The van der Waals surface area contributed by atoms with Gasteiger partial charge in [0.1, 0.15) is 4.21 Å². The van der Waals surface area contributed by atoms with Crippen molar-refractivity contribution in [3.63, 3.8) is 0 Å². The van der Waals surface area contributed by atoms with Crippen molar-refractivity contribution < 1.29 is 8.42 Å². The SMILES string of the molecule is Cn1cc(-c2cncc(CNS(=O)(=O)c3cccs3)c2)cn1. The quantitative estimate of drug-likeness (QED) is 0.774. The van der Waals surface area contributed by atoms with Crippen LogP contribution in [0.2, 0.25) is 0 Å². The number of nitrogens with zero attached hydrogens (tertiary/aromatic N) is 3. The molecule has 0 bridgehead atoms. The Morgan fingerprint density at radius 3 is 2.82 bits per heavy atom. The topological polar surface area (TPSA) is 76.9 Å². The van der Waals surface area contributed by atoms with Crippen LogP contribution in [0.25, 0.3) is 11.1 Å². The maximum atomic E-state index is 12.1. The molecule has 0 aliphatic heterocycles. The van der Waals surface area contributed by atoms with Crippen LogP contribution in [0.1, 0.15) is 5.56 Å². The Kier molecular flexibility index (Phi) is 4.06. The summed E-state index contributed by atoms with van der Waals surface area (Å²) in [4.78, 5) is 4.16. The van der Waals surface area contributed by atoms with Crippen molar-refractivity contribution in [1.82, 2.24) is 19.5 Å². The van der Waals surface area contributed by atoms with Crippen molar-refractivity contribution in [3.8, 4) is 11.1 Å². The van der Waals surface area contributed by atoms with Crippen molar-refractivity contribution in [2.24, 2.45) is 7.05 Å². The summed E-state index contributed by atoms with van der Waals surface area (Å²) < 4.78 is 28.8. The molecule has 0 fully saturated rings. The Bertz CT molecular complexity index is 870. The number of nitrogens with one attached hydrogen (secondary N) is 1. The molecule has 0 spiro atoms. The van der Waals surface area contributed by atoms with Gasteiger partial charge in [-0.1, -0.05) is 6.07 Å². The number of pyridine rings is 1. The summed E-state index contributed by atoms with van der Waals surface area (Å²) in [5.41, 5.74) is 2.64. The van der Waals surface area contributed by atoms with E-state index in [9.17, 15) is 8.42 Å². The predicted molar refractivity (Wildman–Crippen MR) is 84.8 cm³/mol. The Labute approximate surface area is 132 Å². The lowest BCUT2D eigenvalue weighted by molar-refractivity contribution is 0.583. The molecule has 114 valence electrons. The fraction of sp³-hybridized carbons (Fsp3) is 0.143. The highest BCUT2D eigenvalue weighted by Crippen LogP contribution is 2.19. The van der Waals surface area contributed by atoms with Crippen molar-refractivity contribution in [2.75, 3.05) is 0 Å². The Hall–Kier alpha value is -2.03. The van der Waals surface area contributed by atoms with Crippen LogP contribution >= 0.6 is 11.3 Å². The first-order valence-electron chi connectivity index (χ1n) is 6.51. The second-order valence-corrected chi connectivity index (χ2v) is 7.68. The fourth-order valence-electron chi connectivity index (χ4n) is 1.98. The van der Waals surface area contributed by atoms with Gasteiger partial charge in [0, 0.05) is 43.3 Å². The molecule has 0 aromatic carbocycles. The molecule has 3 rings (SSSR count). The van der Waals surface area contributed by atoms with Crippen LogP contribution in [0.4, 0.5) is 0 Å². The standard InChI is InChI=1S/C14H14N4O2S2/c1-18-10-13(9-16-18)12-5-11(6-15-8-12)7-17-22(19,20)14-3-2-4-21-14/h2-6,8-10,17H,7H2,1H3. The summed E-state index contributed by atoms with van der Waals surface area (Å²) >= 11 is 1.19. The van der Waals surface area contributed by atoms with Crippen LogP contribution in [0.3, 0.4) is 0 Å². The minimum atomic E-state index is -3.46. The van der Waals surface area contributed by atoms with Gasteiger partial charge in [0.05, 0.1) is 6.20 Å². The first-order valence-corrected chi connectivity index (χ1v) is 8.87. The molecule has 0 aliphatic rings. The molecule has 3 aromatic heterocycles. The molecule has 22 heavy (non-hydrogen) atoms. The third-order valence-electron chi connectivity index (χ3n) is 3.06. The molecule has 3 aromatic rings. The van der Waals surface area contributed by atoms with Gasteiger partial charge >= 0.3 is 0 Å². The lowest BCUT2D eigenvalue weighted by Gasteiger charge is -2.06. The van der Waals surface area contributed by atoms with Crippen LogP contribution in [-0.2, 0) is 23.6 Å². The zero-order valence-electron chi connectivity index (χ0n) is 11.8. The van der Waals surface area contributed by atoms with E-state index in [1.165, 1.54) is 11.3 Å². The molecule has 0 atom stereocenters. The van der Waals surface area contributed by atoms with Crippen molar-refractivity contribution in [2.45, 2.75) is 10.8 Å². The molecule has 0 aliphatic carbocycles. The van der Waals surface area contributed by atoms with Gasteiger partial charge < -0.3 is 0 Å². The highest BCUT2D eigenvalue weighted by atomic mass is 32.2. The van der Waals surface area contributed by atoms with Crippen molar-refractivity contribution >= 4 is 21.4 Å². The van der Waals surface area contributed by atoms with Gasteiger partial charge in [-0.2, -0.15) is 5.10 Å². The summed E-state index contributed by atoms with van der Waals surface area (Å²) in [7, 11) is -1.62. The number of thiophene rings is 1. The molecular formula is C14H14N4O2S2. The number of aryl methyl sites for hydroxylation is 1. The molecular weight excluding hydrogens is 320 g/mol. The maximum Gasteiger partial charge on any atom is 0.250 e. The third-order valence-corrected chi connectivity index (χ3v) is 5.86. The van der Waals surface area contributed by atoms with Gasteiger partial charge in [-0.25, -0.2) is 13.1 Å². The van der Waals surface area contributed by atoms with Crippen LogP contribution in [-0.4, -0.2) is 23.2 Å². The maximum absolute atomic E-state index is 12.1. The van der Waals surface area contributed by atoms with Crippen LogP contribution < -0.4 is 4.72 Å². The van der Waals surface area contributed by atoms with Crippen molar-refractivity contribution in [1.29, 1.82) is 0 Å². The van der Waals surface area contributed by atoms with E-state index in [1.807, 2.05) is 19.3 Å². The van der Waals surface area contributed by atoms with E-state index in [0.717, 1.165) is 16.7 Å². The number of hydrogen-bond donors (Lipinski definition) is 1. The summed E-state index contributed by atoms with van der Waals surface area (Å²) in [5, 5.41) is 5.86. The molecule has 3 heterocycles. The zero-order chi connectivity index (χ0) is 15.6. The molecule has 0 amide bonds. The Morgan fingerprint density at radius 1 is 1.27 bits per heavy atom. The molecule has 0 radical (unpaired) electrons. The summed E-state index contributed by atoms with van der Waals surface area (Å²) in [6, 6.07) is 5.20. The largest absolute Gasteiger partial charge is 0.275 e. The average Bonchev–Trinajstić information content (AvgIpc) is 3.17. The molecule has 6 nitrogen and oxygen atoms in total. The highest BCUT2D eigenvalue weighted by molar-refractivity contribution is 7.91. The molecule has 0 saturated heterocycles. The van der Waals surface area contributed by atoms with E-state index in [2.05, 4.69) is 14.8 Å². The normalized spacial score (nSPS) is 11.7. The summed E-state index contributed by atoms with van der Waals surface area (Å²) in [5.74, 6) is 0. The Balaban J connectivity index is 1.76. The van der Waals surface area contributed by atoms with E-state index in [4.69, 9.17) is 0 Å². The van der Waals surface area contributed by atoms with E-state index in [1.54, 1.807) is 40.8 Å². The monoisotopic (exact) mass is 334 g/mol. The van der Waals surface area contributed by atoms with Crippen LogP contribution in [0.15, 0.2) is 52.6 Å². The first kappa shape index (κ1) is 14.9. The summed E-state index contributed by atoms with van der Waals surface area (Å²) in [6.45, 7) is 0.196. The molecule has 8 heteroatoms. The van der Waals surface area contributed by atoms with Gasteiger partial charge in [-0.15, -0.1) is 11.3 Å². The van der Waals surface area contributed by atoms with Gasteiger partial charge in [-0.3, -0.25) is 9.67 Å². The minimum Gasteiger partial charge on any atom is -0.275 e. The predicted octanol–water partition coefficient (Wildman–Crippen LogP) is 2.02. The van der Waals surface area contributed by atoms with Gasteiger partial charge in [-0.05, 0) is 23.1 Å².